The highest BCUT2D eigenvalue weighted by Gasteiger charge is 2.11. The first-order valence-corrected chi connectivity index (χ1v) is 5.88. The molecule has 0 spiro atoms. The molecule has 1 heterocycles. The Hall–Kier alpha value is -1.87. The van der Waals surface area contributed by atoms with Gasteiger partial charge in [0.15, 0.2) is 0 Å². The van der Waals surface area contributed by atoms with Crippen LogP contribution in [-0.4, -0.2) is 28.7 Å². The van der Waals surface area contributed by atoms with Crippen LogP contribution in [-0.2, 0) is 9.53 Å². The zero-order chi connectivity index (χ0) is 13.5. The highest BCUT2D eigenvalue weighted by Crippen LogP contribution is 2.24. The molecule has 0 fully saturated rings. The Morgan fingerprint density at radius 3 is 2.94 bits per heavy atom. The maximum absolute atomic E-state index is 10.9. The molecule has 0 bridgehead atoms. The number of nitrogen functional groups attached to an aromatic ring is 1. The molecular weight excluding hydrogens is 260 g/mol. The maximum Gasteiger partial charge on any atom is 0.306 e. The van der Waals surface area contributed by atoms with E-state index in [-0.39, 0.29) is 23.9 Å². The number of nitro groups is 1. The fourth-order valence-corrected chi connectivity index (χ4v) is 1.93. The predicted molar refractivity (Wildman–Crippen MR) is 66.1 cm³/mol. The Kier molecular flexibility index (Phi) is 5.33. The maximum atomic E-state index is 10.9. The predicted octanol–water partition coefficient (Wildman–Crippen LogP) is 0.931. The molecule has 0 unspecified atom stereocenters. The van der Waals surface area contributed by atoms with E-state index in [2.05, 4.69) is 15.1 Å². The molecule has 0 saturated heterocycles. The summed E-state index contributed by atoms with van der Waals surface area (Å²) in [6.45, 7) is 0. The zero-order valence-corrected chi connectivity index (χ0v) is 10.4. The first-order chi connectivity index (χ1) is 8.56. The number of hydrogen-bond donors (Lipinski definition) is 2. The number of hydrogen-bond acceptors (Lipinski definition) is 8. The lowest BCUT2D eigenvalue weighted by Crippen LogP contribution is -2.09. The minimum Gasteiger partial charge on any atom is -0.469 e. The molecular formula is C9H12N4O4S. The number of carbonyl (C=O) groups is 1. The van der Waals surface area contributed by atoms with Gasteiger partial charge in [-0.2, -0.15) is 0 Å². The number of esters is 1. The number of methoxy groups -OCH3 is 1. The van der Waals surface area contributed by atoms with E-state index in [1.165, 1.54) is 31.0 Å². The van der Waals surface area contributed by atoms with Crippen LogP contribution in [0.3, 0.4) is 0 Å². The third kappa shape index (κ3) is 4.18. The largest absolute Gasteiger partial charge is 0.469 e. The standard InChI is InChI=1S/C9H12N4O4S/c1-17-9(14)2-3-18-8-5-6(13(15)16)4-7(11-8)12-10/h4-5H,2-3,10H2,1H3,(H,11,12). The number of nitrogens with one attached hydrogen (secondary N) is 1. The highest BCUT2D eigenvalue weighted by molar-refractivity contribution is 7.99. The fourth-order valence-electron chi connectivity index (χ4n) is 1.09. The normalized spacial score (nSPS) is 9.89. The number of thioether (sulfide) groups is 1. The SMILES string of the molecule is COC(=O)CCSc1cc([N+](=O)[O-])cc(NN)n1. The summed E-state index contributed by atoms with van der Waals surface area (Å²) in [4.78, 5) is 25.1. The minimum atomic E-state index is -0.535. The second kappa shape index (κ2) is 6.77. The summed E-state index contributed by atoms with van der Waals surface area (Å²) in [5.41, 5.74) is 2.14. The van der Waals surface area contributed by atoms with Crippen molar-refractivity contribution in [3.8, 4) is 0 Å². The molecule has 1 rings (SSSR count). The first-order valence-electron chi connectivity index (χ1n) is 4.89. The summed E-state index contributed by atoms with van der Waals surface area (Å²) in [6, 6.07) is 2.55. The lowest BCUT2D eigenvalue weighted by molar-refractivity contribution is -0.385. The van der Waals surface area contributed by atoms with Gasteiger partial charge < -0.3 is 10.2 Å². The molecule has 0 amide bonds. The summed E-state index contributed by atoms with van der Waals surface area (Å²) in [5.74, 6) is 5.45. The topological polar surface area (TPSA) is 120 Å². The van der Waals surface area contributed by atoms with Crippen molar-refractivity contribution in [1.82, 2.24) is 4.98 Å². The second-order valence-corrected chi connectivity index (χ2v) is 4.24. The number of aromatic nitrogens is 1. The molecule has 98 valence electrons. The van der Waals surface area contributed by atoms with E-state index in [0.717, 1.165) is 0 Å². The van der Waals surface area contributed by atoms with Crippen molar-refractivity contribution >= 4 is 29.2 Å². The number of carbonyl (C=O) groups excluding carboxylic acids is 1. The molecule has 0 atom stereocenters. The van der Waals surface area contributed by atoms with E-state index in [1.807, 2.05) is 0 Å². The molecule has 18 heavy (non-hydrogen) atoms. The molecule has 8 nitrogen and oxygen atoms in total. The lowest BCUT2D eigenvalue weighted by Gasteiger charge is -2.04. The Labute approximate surface area is 107 Å². The average molecular weight is 272 g/mol. The van der Waals surface area contributed by atoms with Gasteiger partial charge in [0.25, 0.3) is 5.69 Å². The van der Waals surface area contributed by atoms with Crippen molar-refractivity contribution in [3.05, 3.63) is 22.2 Å². The van der Waals surface area contributed by atoms with Crippen LogP contribution in [0.4, 0.5) is 11.5 Å². The minimum absolute atomic E-state index is 0.112. The van der Waals surface area contributed by atoms with Gasteiger partial charge in [0.05, 0.1) is 24.5 Å². The summed E-state index contributed by atoms with van der Waals surface area (Å²) in [6.07, 6.45) is 0.205. The third-order valence-electron chi connectivity index (χ3n) is 1.93. The van der Waals surface area contributed by atoms with Crippen LogP contribution in [0, 0.1) is 10.1 Å². The number of nitrogens with two attached hydrogens (primary N) is 1. The average Bonchev–Trinajstić information content (AvgIpc) is 2.37. The second-order valence-electron chi connectivity index (χ2n) is 3.12. The van der Waals surface area contributed by atoms with Crippen LogP contribution in [0.2, 0.25) is 0 Å². The quantitative estimate of drug-likeness (QED) is 0.258. The van der Waals surface area contributed by atoms with Crippen LogP contribution in [0.5, 0.6) is 0 Å². The van der Waals surface area contributed by atoms with Gasteiger partial charge in [-0.15, -0.1) is 11.8 Å². The van der Waals surface area contributed by atoms with Gasteiger partial charge >= 0.3 is 5.97 Å². The Morgan fingerprint density at radius 2 is 2.39 bits per heavy atom. The van der Waals surface area contributed by atoms with Crippen molar-refractivity contribution in [2.24, 2.45) is 5.84 Å². The summed E-state index contributed by atoms with van der Waals surface area (Å²) < 4.78 is 4.48. The number of rotatable bonds is 6. The highest BCUT2D eigenvalue weighted by atomic mass is 32.2. The molecule has 1 aromatic heterocycles. The third-order valence-corrected chi connectivity index (χ3v) is 2.84. The molecule has 9 heteroatoms. The molecule has 0 radical (unpaired) electrons. The van der Waals surface area contributed by atoms with E-state index in [0.29, 0.717) is 10.8 Å². The van der Waals surface area contributed by atoms with Crippen LogP contribution in [0.25, 0.3) is 0 Å². The van der Waals surface area contributed by atoms with E-state index in [1.54, 1.807) is 0 Å². The lowest BCUT2D eigenvalue weighted by atomic mass is 10.4. The van der Waals surface area contributed by atoms with Crippen LogP contribution in [0.1, 0.15) is 6.42 Å². The fraction of sp³-hybridized carbons (Fsp3) is 0.333. The van der Waals surface area contributed by atoms with Crippen molar-refractivity contribution in [2.45, 2.75) is 11.4 Å². The van der Waals surface area contributed by atoms with Crippen LogP contribution >= 0.6 is 11.8 Å². The molecule has 3 N–H and O–H groups in total. The molecule has 1 aromatic rings. The molecule has 0 aromatic carbocycles. The van der Waals surface area contributed by atoms with Gasteiger partial charge in [0.1, 0.15) is 10.8 Å². The Balaban J connectivity index is 2.72. The van der Waals surface area contributed by atoms with Crippen LogP contribution < -0.4 is 11.3 Å². The van der Waals surface area contributed by atoms with E-state index in [4.69, 9.17) is 5.84 Å². The summed E-state index contributed by atoms with van der Waals surface area (Å²) >= 11 is 1.21. The smallest absolute Gasteiger partial charge is 0.306 e. The Bertz CT molecular complexity index is 454. The van der Waals surface area contributed by atoms with Crippen LogP contribution in [0.15, 0.2) is 17.2 Å². The van der Waals surface area contributed by atoms with Crippen molar-refractivity contribution in [1.29, 1.82) is 0 Å². The monoisotopic (exact) mass is 272 g/mol. The first kappa shape index (κ1) is 14.2. The van der Waals surface area contributed by atoms with E-state index < -0.39 is 4.92 Å². The summed E-state index contributed by atoms with van der Waals surface area (Å²) in [7, 11) is 1.30. The molecule has 0 saturated carbocycles. The van der Waals surface area contributed by atoms with Crippen molar-refractivity contribution in [2.75, 3.05) is 18.3 Å². The Morgan fingerprint density at radius 1 is 1.67 bits per heavy atom. The molecule has 0 aliphatic rings. The molecule has 0 aliphatic carbocycles. The van der Waals surface area contributed by atoms with E-state index in [9.17, 15) is 14.9 Å². The number of pyridine rings is 1. The zero-order valence-electron chi connectivity index (χ0n) is 9.58. The van der Waals surface area contributed by atoms with Gasteiger partial charge in [0.2, 0.25) is 0 Å². The summed E-state index contributed by atoms with van der Waals surface area (Å²) in [5, 5.41) is 11.1. The van der Waals surface area contributed by atoms with Gasteiger partial charge in [-0.3, -0.25) is 14.9 Å². The molecule has 0 aliphatic heterocycles. The number of ether oxygens (including phenoxy) is 1. The van der Waals surface area contributed by atoms with Gasteiger partial charge in [0, 0.05) is 11.8 Å². The van der Waals surface area contributed by atoms with Crippen molar-refractivity contribution < 1.29 is 14.5 Å². The van der Waals surface area contributed by atoms with E-state index >= 15 is 0 Å². The van der Waals surface area contributed by atoms with Gasteiger partial charge in [-0.25, -0.2) is 10.8 Å². The van der Waals surface area contributed by atoms with Gasteiger partial charge in [-0.05, 0) is 0 Å². The number of nitrogens with zero attached hydrogens (tertiary/aromatic N) is 2. The van der Waals surface area contributed by atoms with Gasteiger partial charge in [-0.1, -0.05) is 0 Å². The van der Waals surface area contributed by atoms with Crippen molar-refractivity contribution in [3.63, 3.8) is 0 Å². The number of hydrazine groups is 1. The number of anilines is 1.